The van der Waals surface area contributed by atoms with Crippen LogP contribution < -0.4 is 10.6 Å². The van der Waals surface area contributed by atoms with Crippen LogP contribution in [0.1, 0.15) is 5.89 Å². The topological polar surface area (TPSA) is 80.0 Å². The molecule has 4 aromatic rings. The summed E-state index contributed by atoms with van der Waals surface area (Å²) >= 11 is 0. The lowest BCUT2D eigenvalue weighted by Gasteiger charge is -2.09. The Balaban J connectivity index is 0.00000182. The molecule has 6 nitrogen and oxygen atoms in total. The number of pyridine rings is 1. The highest BCUT2D eigenvalue weighted by Crippen LogP contribution is 2.22. The zero-order valence-corrected chi connectivity index (χ0v) is 14.1. The molecular formula is C18H15ClN4O2. The molecule has 0 unspecified atom stereocenters. The molecule has 0 saturated carbocycles. The number of anilines is 2. The van der Waals surface area contributed by atoms with Crippen LogP contribution in [0, 0.1) is 6.92 Å². The van der Waals surface area contributed by atoms with E-state index in [1.807, 2.05) is 30.3 Å². The summed E-state index contributed by atoms with van der Waals surface area (Å²) in [6, 6.07) is 14.4. The molecule has 0 bridgehead atoms. The van der Waals surface area contributed by atoms with Crippen molar-refractivity contribution in [2.45, 2.75) is 6.92 Å². The molecule has 2 heterocycles. The van der Waals surface area contributed by atoms with Gasteiger partial charge < -0.3 is 15.1 Å². The lowest BCUT2D eigenvalue weighted by molar-refractivity contribution is 0.262. The number of fused-ring (bicyclic) bond motifs is 2. The number of aromatic nitrogens is 2. The van der Waals surface area contributed by atoms with Crippen molar-refractivity contribution < 1.29 is 9.21 Å². The maximum atomic E-state index is 12.3. The van der Waals surface area contributed by atoms with Gasteiger partial charge in [-0.25, -0.2) is 9.78 Å². The fourth-order valence-electron chi connectivity index (χ4n) is 2.61. The maximum Gasteiger partial charge on any atom is 0.323 e. The predicted octanol–water partition coefficient (Wildman–Crippen LogP) is 4.75. The summed E-state index contributed by atoms with van der Waals surface area (Å²) in [7, 11) is 0. The van der Waals surface area contributed by atoms with E-state index in [1.165, 1.54) is 0 Å². The molecule has 2 aromatic carbocycles. The van der Waals surface area contributed by atoms with E-state index < -0.39 is 0 Å². The summed E-state index contributed by atoms with van der Waals surface area (Å²) in [5.41, 5.74) is 3.57. The molecule has 0 atom stereocenters. The Morgan fingerprint density at radius 1 is 1.04 bits per heavy atom. The first-order valence-corrected chi connectivity index (χ1v) is 7.48. The van der Waals surface area contributed by atoms with Gasteiger partial charge in [-0.2, -0.15) is 0 Å². The lowest BCUT2D eigenvalue weighted by atomic mass is 10.2. The van der Waals surface area contributed by atoms with Crippen molar-refractivity contribution in [3.05, 3.63) is 60.6 Å². The van der Waals surface area contributed by atoms with Crippen LogP contribution in [0.5, 0.6) is 0 Å². The van der Waals surface area contributed by atoms with Crippen LogP contribution in [0.3, 0.4) is 0 Å². The number of hydrogen-bond donors (Lipinski definition) is 2. The molecule has 126 valence electrons. The van der Waals surface area contributed by atoms with Crippen molar-refractivity contribution in [2.75, 3.05) is 10.6 Å². The number of amides is 2. The number of nitrogens with one attached hydrogen (secondary N) is 2. The number of rotatable bonds is 2. The molecule has 2 N–H and O–H groups in total. The summed E-state index contributed by atoms with van der Waals surface area (Å²) in [6.45, 7) is 1.79. The van der Waals surface area contributed by atoms with Crippen molar-refractivity contribution in [3.8, 4) is 0 Å². The Bertz CT molecular complexity index is 1060. The van der Waals surface area contributed by atoms with Crippen molar-refractivity contribution in [2.24, 2.45) is 0 Å². The summed E-state index contributed by atoms with van der Waals surface area (Å²) in [5, 5.41) is 6.53. The second kappa shape index (κ2) is 6.78. The molecular weight excluding hydrogens is 340 g/mol. The minimum absolute atomic E-state index is 0. The van der Waals surface area contributed by atoms with Gasteiger partial charge in [-0.1, -0.05) is 18.2 Å². The summed E-state index contributed by atoms with van der Waals surface area (Å²) < 4.78 is 5.47. The highest BCUT2D eigenvalue weighted by Gasteiger charge is 2.08. The molecule has 2 amide bonds. The largest absolute Gasteiger partial charge is 0.441 e. The van der Waals surface area contributed by atoms with Gasteiger partial charge in [0.2, 0.25) is 0 Å². The molecule has 2 aromatic heterocycles. The van der Waals surface area contributed by atoms with Crippen molar-refractivity contribution in [1.29, 1.82) is 0 Å². The van der Waals surface area contributed by atoms with E-state index in [4.69, 9.17) is 4.42 Å². The van der Waals surface area contributed by atoms with Crippen LogP contribution >= 0.6 is 12.4 Å². The van der Waals surface area contributed by atoms with E-state index in [9.17, 15) is 4.79 Å². The fourth-order valence-corrected chi connectivity index (χ4v) is 2.61. The fraction of sp³-hybridized carbons (Fsp3) is 0.0556. The third-order valence-electron chi connectivity index (χ3n) is 3.65. The molecule has 25 heavy (non-hydrogen) atoms. The second-order valence-corrected chi connectivity index (χ2v) is 5.37. The highest BCUT2D eigenvalue weighted by atomic mass is 35.5. The monoisotopic (exact) mass is 354 g/mol. The van der Waals surface area contributed by atoms with Gasteiger partial charge >= 0.3 is 6.03 Å². The number of benzene rings is 2. The number of carbonyl (C=O) groups is 1. The zero-order valence-electron chi connectivity index (χ0n) is 13.3. The number of para-hydroxylation sites is 1. The Hall–Kier alpha value is -3.12. The van der Waals surface area contributed by atoms with Gasteiger partial charge in [0.15, 0.2) is 11.5 Å². The number of oxazole rings is 1. The van der Waals surface area contributed by atoms with E-state index in [-0.39, 0.29) is 18.4 Å². The first-order valence-electron chi connectivity index (χ1n) is 7.48. The van der Waals surface area contributed by atoms with Crippen LogP contribution in [0.2, 0.25) is 0 Å². The van der Waals surface area contributed by atoms with Crippen molar-refractivity contribution >= 4 is 51.8 Å². The standard InChI is InChI=1S/C18H14N4O2.ClH/c1-11-20-16-7-6-12(10-17(16)24-11)21-18(23)22-15-8-9-19-14-5-3-2-4-13(14)15;/h2-10H,1H3,(H2,19,21,22,23);1H. The van der Waals surface area contributed by atoms with Gasteiger partial charge in [-0.3, -0.25) is 4.98 Å². The Morgan fingerprint density at radius 2 is 1.88 bits per heavy atom. The Labute approximate surface area is 149 Å². The van der Waals surface area contributed by atoms with Gasteiger partial charge in [0.25, 0.3) is 0 Å². The summed E-state index contributed by atoms with van der Waals surface area (Å²) in [4.78, 5) is 20.8. The van der Waals surface area contributed by atoms with E-state index in [1.54, 1.807) is 31.3 Å². The molecule has 0 aliphatic heterocycles. The molecule has 0 saturated heterocycles. The van der Waals surface area contributed by atoms with Crippen LogP contribution in [0.4, 0.5) is 16.2 Å². The molecule has 0 aliphatic rings. The second-order valence-electron chi connectivity index (χ2n) is 5.37. The predicted molar refractivity (Wildman–Crippen MR) is 100 cm³/mol. The van der Waals surface area contributed by atoms with E-state index in [0.717, 1.165) is 16.4 Å². The molecule has 7 heteroatoms. The number of carbonyl (C=O) groups excluding carboxylic acids is 1. The minimum Gasteiger partial charge on any atom is -0.441 e. The number of aryl methyl sites for hydroxylation is 1. The smallest absolute Gasteiger partial charge is 0.323 e. The highest BCUT2D eigenvalue weighted by molar-refractivity contribution is 6.05. The zero-order chi connectivity index (χ0) is 16.5. The van der Waals surface area contributed by atoms with E-state index >= 15 is 0 Å². The molecule has 0 spiro atoms. The third-order valence-corrected chi connectivity index (χ3v) is 3.65. The molecule has 0 radical (unpaired) electrons. The normalized spacial score (nSPS) is 10.4. The lowest BCUT2D eigenvalue weighted by Crippen LogP contribution is -2.19. The van der Waals surface area contributed by atoms with Gasteiger partial charge in [0, 0.05) is 30.3 Å². The van der Waals surface area contributed by atoms with Crippen molar-refractivity contribution in [3.63, 3.8) is 0 Å². The summed E-state index contributed by atoms with van der Waals surface area (Å²) in [5.74, 6) is 0.592. The Morgan fingerprint density at radius 3 is 2.76 bits per heavy atom. The number of halogens is 1. The van der Waals surface area contributed by atoms with E-state index in [2.05, 4.69) is 20.6 Å². The Kier molecular flexibility index (Phi) is 4.54. The first-order chi connectivity index (χ1) is 11.7. The third kappa shape index (κ3) is 3.39. The molecule has 0 aliphatic carbocycles. The first kappa shape index (κ1) is 16.7. The van der Waals surface area contributed by atoms with Gasteiger partial charge in [-0.15, -0.1) is 12.4 Å². The number of urea groups is 1. The van der Waals surface area contributed by atoms with Crippen LogP contribution in [0.25, 0.3) is 22.0 Å². The van der Waals surface area contributed by atoms with Gasteiger partial charge in [-0.05, 0) is 24.3 Å². The minimum atomic E-state index is -0.332. The SMILES string of the molecule is Cc1nc2ccc(NC(=O)Nc3ccnc4ccccc34)cc2o1.Cl. The van der Waals surface area contributed by atoms with Gasteiger partial charge in [0.1, 0.15) is 5.52 Å². The molecule has 4 rings (SSSR count). The van der Waals surface area contributed by atoms with Crippen molar-refractivity contribution in [1.82, 2.24) is 9.97 Å². The quantitative estimate of drug-likeness (QED) is 0.544. The van der Waals surface area contributed by atoms with Crippen LogP contribution in [-0.4, -0.2) is 16.0 Å². The number of hydrogen-bond acceptors (Lipinski definition) is 4. The van der Waals surface area contributed by atoms with Gasteiger partial charge in [0.05, 0.1) is 11.2 Å². The van der Waals surface area contributed by atoms with E-state index in [0.29, 0.717) is 22.8 Å². The average molecular weight is 355 g/mol. The van der Waals surface area contributed by atoms with Crippen LogP contribution in [-0.2, 0) is 0 Å². The summed E-state index contributed by atoms with van der Waals surface area (Å²) in [6.07, 6.45) is 1.67. The maximum absolute atomic E-state index is 12.3. The number of nitrogens with zero attached hydrogens (tertiary/aromatic N) is 2. The molecule has 0 fully saturated rings. The van der Waals surface area contributed by atoms with Crippen LogP contribution in [0.15, 0.2) is 59.1 Å². The average Bonchev–Trinajstić information content (AvgIpc) is 2.94.